The molecule has 6 unspecified atom stereocenters. The van der Waals surface area contributed by atoms with Crippen molar-refractivity contribution in [2.45, 2.75) is 236 Å². The molecule has 0 aromatic rings. The fourth-order valence-electron chi connectivity index (χ4n) is 10.5. The van der Waals surface area contributed by atoms with Crippen LogP contribution in [0.3, 0.4) is 0 Å². The van der Waals surface area contributed by atoms with Crippen LogP contribution in [0.15, 0.2) is 0 Å². The van der Waals surface area contributed by atoms with Gasteiger partial charge in [-0.05, 0) is 71.1 Å². The zero-order chi connectivity index (χ0) is 80.2. The summed E-state index contributed by atoms with van der Waals surface area (Å²) in [4.78, 5) is 136. The highest BCUT2D eigenvalue weighted by Crippen LogP contribution is 2.28. The van der Waals surface area contributed by atoms with Crippen LogP contribution in [0.25, 0.3) is 0 Å². The summed E-state index contributed by atoms with van der Waals surface area (Å²) in [7, 11) is 1.47. The average molecular weight is 1560 g/mol. The monoisotopic (exact) mass is 1560 g/mol. The number of nitrogens with two attached hydrogens (primary N) is 1. The maximum absolute atomic E-state index is 13.6. The SMILES string of the molecule is CNC(=O)CCCC(=O)NC(COCCC(=O)NCCCNC(=O)CCCCO[C@H](OC(COC(C)=O)[C@@H](C)O)[C@@H](C)CO)(COCCC(=O)NCCCNC(=O)CCCCO[C@@H]1OC(COC(C)=O)[C@H](O)C(O)[C@@H]1C)COCCC(=O)NCCCNC(=O)CCCCO[C@@H]1OC(COC(C)=O)[C@H](O)C(O)[C@@H]1N. The predicted molar refractivity (Wildman–Crippen MR) is 381 cm³/mol. The Hall–Kier alpha value is -6.47. The molecule has 38 nitrogen and oxygen atoms in total. The van der Waals surface area contributed by atoms with E-state index in [-0.39, 0.29) is 224 Å². The van der Waals surface area contributed by atoms with Crippen molar-refractivity contribution >= 4 is 65.2 Å². The number of ether oxygens (including phenoxy) is 12. The van der Waals surface area contributed by atoms with E-state index in [1.54, 1.807) is 13.8 Å². The van der Waals surface area contributed by atoms with Crippen LogP contribution in [0.5, 0.6) is 0 Å². The Morgan fingerprint density at radius 2 is 0.843 bits per heavy atom. The molecule has 0 aromatic heterocycles. The molecule has 16 N–H and O–H groups in total. The van der Waals surface area contributed by atoms with Crippen LogP contribution in [0, 0.1) is 11.8 Å². The number of carbonyl (C=O) groups is 11. The molecule has 624 valence electrons. The van der Waals surface area contributed by atoms with Gasteiger partial charge in [-0.25, -0.2) is 0 Å². The first kappa shape index (κ1) is 97.6. The molecule has 0 bridgehead atoms. The minimum absolute atomic E-state index is 0.0497. The van der Waals surface area contributed by atoms with Crippen molar-refractivity contribution in [1.82, 2.24) is 42.5 Å². The zero-order valence-electron chi connectivity index (χ0n) is 63.9. The van der Waals surface area contributed by atoms with E-state index in [4.69, 9.17) is 62.6 Å². The molecule has 0 spiro atoms. The van der Waals surface area contributed by atoms with Crippen molar-refractivity contribution in [1.29, 1.82) is 0 Å². The molecule has 108 heavy (non-hydrogen) atoms. The Kier molecular flexibility index (Phi) is 52.0. The van der Waals surface area contributed by atoms with E-state index in [1.165, 1.54) is 34.7 Å². The van der Waals surface area contributed by atoms with Gasteiger partial charge in [0, 0.05) is 150 Å². The van der Waals surface area contributed by atoms with Gasteiger partial charge in [0.15, 0.2) is 18.9 Å². The summed E-state index contributed by atoms with van der Waals surface area (Å²) < 4.78 is 67.3. The quantitative estimate of drug-likeness (QED) is 0.0123. The van der Waals surface area contributed by atoms with E-state index in [0.29, 0.717) is 57.8 Å². The molecular weight excluding hydrogens is 1430 g/mol. The van der Waals surface area contributed by atoms with Gasteiger partial charge in [-0.2, -0.15) is 0 Å². The lowest BCUT2D eigenvalue weighted by Crippen LogP contribution is -2.62. The second-order valence-corrected chi connectivity index (χ2v) is 26.7. The van der Waals surface area contributed by atoms with Crippen molar-refractivity contribution in [3.05, 3.63) is 0 Å². The maximum atomic E-state index is 13.6. The number of esters is 3. The van der Waals surface area contributed by atoms with E-state index in [2.05, 4.69) is 42.5 Å². The Labute approximate surface area is 632 Å². The van der Waals surface area contributed by atoms with E-state index in [9.17, 15) is 83.4 Å². The molecule has 0 saturated carbocycles. The normalized spacial score (nSPS) is 21.5. The maximum Gasteiger partial charge on any atom is 0.302 e. The van der Waals surface area contributed by atoms with E-state index in [0.717, 1.165) is 0 Å². The fourth-order valence-corrected chi connectivity index (χ4v) is 10.5. The molecule has 2 heterocycles. The number of hydrogen-bond donors (Lipinski definition) is 15. The van der Waals surface area contributed by atoms with Crippen molar-refractivity contribution in [3.8, 4) is 0 Å². The first-order valence-corrected chi connectivity index (χ1v) is 37.3. The molecule has 15 atom stereocenters. The largest absolute Gasteiger partial charge is 0.463 e. The molecule has 2 aliphatic rings. The highest BCUT2D eigenvalue weighted by molar-refractivity contribution is 5.80. The predicted octanol–water partition coefficient (Wildman–Crippen LogP) is -3.33. The third-order valence-electron chi connectivity index (χ3n) is 17.0. The molecule has 2 saturated heterocycles. The summed E-state index contributed by atoms with van der Waals surface area (Å²) in [5, 5.41) is 83.4. The minimum atomic E-state index is -1.46. The summed E-state index contributed by atoms with van der Waals surface area (Å²) in [6, 6.07) is -1.07. The molecular formula is C70H125N9O29. The number of aliphatic hydroxyl groups is 6. The lowest BCUT2D eigenvalue weighted by molar-refractivity contribution is -0.283. The Bertz CT molecular complexity index is 2520. The molecule has 8 amide bonds. The summed E-state index contributed by atoms with van der Waals surface area (Å²) in [6.45, 7) is 8.12. The van der Waals surface area contributed by atoms with E-state index >= 15 is 0 Å². The third kappa shape index (κ3) is 44.4. The van der Waals surface area contributed by atoms with Crippen molar-refractivity contribution in [2.75, 3.05) is 132 Å². The lowest BCUT2D eigenvalue weighted by Gasteiger charge is -2.41. The van der Waals surface area contributed by atoms with Gasteiger partial charge in [0.25, 0.3) is 0 Å². The van der Waals surface area contributed by atoms with Crippen LogP contribution in [0.1, 0.15) is 157 Å². The van der Waals surface area contributed by atoms with Gasteiger partial charge in [-0.1, -0.05) is 13.8 Å². The Morgan fingerprint density at radius 1 is 0.463 bits per heavy atom. The number of aliphatic hydroxyl groups excluding tert-OH is 6. The first-order chi connectivity index (χ1) is 51.5. The van der Waals surface area contributed by atoms with Crippen LogP contribution in [-0.4, -0.2) is 307 Å². The van der Waals surface area contributed by atoms with Gasteiger partial charge < -0.3 is 136 Å². The first-order valence-electron chi connectivity index (χ1n) is 37.3. The third-order valence-corrected chi connectivity index (χ3v) is 17.0. The van der Waals surface area contributed by atoms with Crippen molar-refractivity contribution in [2.24, 2.45) is 17.6 Å². The molecule has 0 aromatic carbocycles. The van der Waals surface area contributed by atoms with Crippen molar-refractivity contribution in [3.63, 3.8) is 0 Å². The molecule has 2 rings (SSSR count). The van der Waals surface area contributed by atoms with E-state index in [1.807, 2.05) is 0 Å². The summed E-state index contributed by atoms with van der Waals surface area (Å²) in [6.07, 6.45) is -7.73. The van der Waals surface area contributed by atoms with E-state index < -0.39 is 115 Å². The molecule has 2 fully saturated rings. The number of amides is 8. The minimum Gasteiger partial charge on any atom is -0.463 e. The second-order valence-electron chi connectivity index (χ2n) is 26.7. The number of nitrogens with one attached hydrogen (secondary N) is 8. The van der Waals surface area contributed by atoms with Gasteiger partial charge in [0.2, 0.25) is 47.3 Å². The molecule has 0 radical (unpaired) electrons. The zero-order valence-corrected chi connectivity index (χ0v) is 63.9. The topological polar surface area (TPSA) is 542 Å². The van der Waals surface area contributed by atoms with Crippen LogP contribution in [0.4, 0.5) is 0 Å². The van der Waals surface area contributed by atoms with Crippen LogP contribution in [0.2, 0.25) is 0 Å². The molecule has 2 aliphatic heterocycles. The highest BCUT2D eigenvalue weighted by Gasteiger charge is 2.45. The number of carbonyl (C=O) groups excluding carboxylic acids is 11. The van der Waals surface area contributed by atoms with Crippen LogP contribution >= 0.6 is 0 Å². The van der Waals surface area contributed by atoms with Crippen molar-refractivity contribution < 1.29 is 140 Å². The highest BCUT2D eigenvalue weighted by atomic mass is 16.7. The van der Waals surface area contributed by atoms with Crippen LogP contribution < -0.4 is 48.3 Å². The lowest BCUT2D eigenvalue weighted by atomic mass is 9.92. The Balaban J connectivity index is 1.95. The van der Waals surface area contributed by atoms with Gasteiger partial charge in [-0.3, -0.25) is 52.7 Å². The molecule has 38 heteroatoms. The van der Waals surface area contributed by atoms with Gasteiger partial charge in [0.05, 0.1) is 64.5 Å². The molecule has 0 aliphatic carbocycles. The van der Waals surface area contributed by atoms with Gasteiger partial charge in [0.1, 0.15) is 62.0 Å². The number of rotatable bonds is 61. The number of hydrogen-bond acceptors (Lipinski definition) is 30. The number of unbranched alkanes of at least 4 members (excludes halogenated alkanes) is 3. The summed E-state index contributed by atoms with van der Waals surface area (Å²) >= 11 is 0. The smallest absolute Gasteiger partial charge is 0.302 e. The summed E-state index contributed by atoms with van der Waals surface area (Å²) in [5.74, 6) is -5.34. The van der Waals surface area contributed by atoms with Crippen LogP contribution in [-0.2, 0) is 110 Å². The average Bonchev–Trinajstić information content (AvgIpc) is 0.814. The second kappa shape index (κ2) is 57.6. The fraction of sp³-hybridized carbons (Fsp3) is 0.843. The summed E-state index contributed by atoms with van der Waals surface area (Å²) in [5.41, 5.74) is 4.52. The Morgan fingerprint density at radius 3 is 1.25 bits per heavy atom. The van der Waals surface area contributed by atoms with Gasteiger partial charge in [-0.15, -0.1) is 0 Å². The van der Waals surface area contributed by atoms with Gasteiger partial charge >= 0.3 is 17.9 Å². The standard InChI is InChI=1S/C70H125N9O29/c1-45(38-80)67(106-51(47(3)81)39-103-48(4)82)100-32-11-8-18-55(86)73-26-15-29-76-58(89)23-35-97-42-70(79-61(92)22-14-21-54(85)72-7,43-98-36-24-59(90)77-30-16-27-74-56(87)19-9-12-33-101-68-46(2)63(93)64(94)52(107-68)40-104-49(5)83)44-99-37-25-60(91)78-31-17-28-75-57(88)20-10-13-34-102-69-62(71)66(96)65(95)53(108-69)41-105-50(6)84/h45-47,51-53,62-69,80-81,93-96H,8-44,71H2,1-7H3,(H,72,85)(H,73,86)(H,74,87)(H,75,88)(H,76,89)(H,77,90)(H,78,91)(H,79,92)/t45-,46-,47+,51?,52?,53?,62-,63?,64-,65-,66?,67+,68+,69+,70?/m0/s1.